The normalized spacial score (nSPS) is 10.3. The smallest absolute Gasteiger partial charge is 0.254 e. The Balaban J connectivity index is 2.18. The van der Waals surface area contributed by atoms with Gasteiger partial charge >= 0.3 is 0 Å². The summed E-state index contributed by atoms with van der Waals surface area (Å²) < 4.78 is 13.1. The van der Waals surface area contributed by atoms with Crippen LogP contribution in [0.5, 0.6) is 0 Å². The van der Waals surface area contributed by atoms with E-state index in [0.29, 0.717) is 17.8 Å². The van der Waals surface area contributed by atoms with E-state index in [9.17, 15) is 9.18 Å². The number of hydrogen-bond acceptors (Lipinski definition) is 2. The third-order valence-electron chi connectivity index (χ3n) is 3.15. The van der Waals surface area contributed by atoms with E-state index in [1.165, 1.54) is 12.1 Å². The van der Waals surface area contributed by atoms with Crippen LogP contribution in [0.1, 0.15) is 21.5 Å². The van der Waals surface area contributed by atoms with Gasteiger partial charge in [0.25, 0.3) is 5.91 Å². The summed E-state index contributed by atoms with van der Waals surface area (Å²) in [5, 5.41) is 0. The predicted molar refractivity (Wildman–Crippen MR) is 77.8 cm³/mol. The van der Waals surface area contributed by atoms with Gasteiger partial charge in [0.2, 0.25) is 0 Å². The summed E-state index contributed by atoms with van der Waals surface area (Å²) in [6.45, 7) is 2.22. The number of hydrogen-bond donors (Lipinski definition) is 1. The van der Waals surface area contributed by atoms with Gasteiger partial charge in [0.1, 0.15) is 5.82 Å². The van der Waals surface area contributed by atoms with Crippen LogP contribution in [0.4, 0.5) is 10.1 Å². The van der Waals surface area contributed by atoms with Gasteiger partial charge < -0.3 is 10.6 Å². The van der Waals surface area contributed by atoms with Crippen molar-refractivity contribution < 1.29 is 9.18 Å². The lowest BCUT2D eigenvalue weighted by molar-refractivity contribution is 0.0784. The van der Waals surface area contributed by atoms with E-state index in [1.807, 2.05) is 13.0 Å². The number of aryl methyl sites for hydroxylation is 1. The van der Waals surface area contributed by atoms with Crippen LogP contribution in [0.3, 0.4) is 0 Å². The molecule has 2 rings (SSSR count). The van der Waals surface area contributed by atoms with Gasteiger partial charge in [-0.05, 0) is 42.3 Å². The second kappa shape index (κ2) is 5.74. The van der Waals surface area contributed by atoms with Crippen molar-refractivity contribution in [1.82, 2.24) is 4.90 Å². The Hall–Kier alpha value is -2.36. The second-order valence-corrected chi connectivity index (χ2v) is 4.87. The Labute approximate surface area is 117 Å². The fraction of sp³-hybridized carbons (Fsp3) is 0.188. The van der Waals surface area contributed by atoms with Crippen molar-refractivity contribution in [3.05, 3.63) is 65.0 Å². The maximum absolute atomic E-state index is 13.1. The summed E-state index contributed by atoms with van der Waals surface area (Å²) in [5.41, 5.74) is 8.47. The molecule has 20 heavy (non-hydrogen) atoms. The lowest BCUT2D eigenvalue weighted by atomic mass is 10.1. The second-order valence-electron chi connectivity index (χ2n) is 4.87. The first kappa shape index (κ1) is 14.1. The summed E-state index contributed by atoms with van der Waals surface area (Å²) in [7, 11) is 1.69. The van der Waals surface area contributed by atoms with Crippen molar-refractivity contribution >= 4 is 11.6 Å². The van der Waals surface area contributed by atoms with Crippen molar-refractivity contribution in [2.75, 3.05) is 12.8 Å². The fourth-order valence-electron chi connectivity index (χ4n) is 2.06. The summed E-state index contributed by atoms with van der Waals surface area (Å²) in [6.07, 6.45) is 0. The monoisotopic (exact) mass is 272 g/mol. The zero-order valence-corrected chi connectivity index (χ0v) is 11.6. The number of halogens is 1. The van der Waals surface area contributed by atoms with Gasteiger partial charge in [-0.2, -0.15) is 0 Å². The lowest BCUT2D eigenvalue weighted by Gasteiger charge is -2.19. The minimum Gasteiger partial charge on any atom is -0.399 e. The molecule has 0 aliphatic heterocycles. The van der Waals surface area contributed by atoms with E-state index >= 15 is 0 Å². The Morgan fingerprint density at radius 1 is 1.25 bits per heavy atom. The van der Waals surface area contributed by atoms with E-state index in [4.69, 9.17) is 5.73 Å². The molecule has 0 fully saturated rings. The SMILES string of the molecule is Cc1ccc(N)cc1C(=O)N(C)Cc1cccc(F)c1. The van der Waals surface area contributed by atoms with Crippen LogP contribution < -0.4 is 5.73 Å². The van der Waals surface area contributed by atoms with Crippen LogP contribution in [0.2, 0.25) is 0 Å². The van der Waals surface area contributed by atoms with Crippen LogP contribution in [0, 0.1) is 12.7 Å². The van der Waals surface area contributed by atoms with Gasteiger partial charge in [0.05, 0.1) is 0 Å². The van der Waals surface area contributed by atoms with E-state index in [2.05, 4.69) is 0 Å². The number of nitrogens with zero attached hydrogens (tertiary/aromatic N) is 1. The van der Waals surface area contributed by atoms with Crippen molar-refractivity contribution in [2.24, 2.45) is 0 Å². The Morgan fingerprint density at radius 3 is 2.70 bits per heavy atom. The van der Waals surface area contributed by atoms with Gasteiger partial charge in [0.15, 0.2) is 0 Å². The Kier molecular flexibility index (Phi) is 4.03. The first-order valence-corrected chi connectivity index (χ1v) is 6.33. The lowest BCUT2D eigenvalue weighted by Crippen LogP contribution is -2.27. The van der Waals surface area contributed by atoms with Crippen LogP contribution in [0.25, 0.3) is 0 Å². The van der Waals surface area contributed by atoms with Crippen molar-refractivity contribution in [1.29, 1.82) is 0 Å². The molecule has 4 heteroatoms. The number of nitrogens with two attached hydrogens (primary N) is 1. The number of amides is 1. The standard InChI is InChI=1S/C16H17FN2O/c1-11-6-7-14(18)9-15(11)16(20)19(2)10-12-4-3-5-13(17)8-12/h3-9H,10,18H2,1-2H3. The van der Waals surface area contributed by atoms with Gasteiger partial charge in [-0.15, -0.1) is 0 Å². The molecule has 0 bridgehead atoms. The minimum atomic E-state index is -0.302. The minimum absolute atomic E-state index is 0.126. The summed E-state index contributed by atoms with van der Waals surface area (Å²) in [6, 6.07) is 11.5. The van der Waals surface area contributed by atoms with Crippen LogP contribution in [0.15, 0.2) is 42.5 Å². The fourth-order valence-corrected chi connectivity index (χ4v) is 2.06. The van der Waals surface area contributed by atoms with Gasteiger partial charge in [-0.1, -0.05) is 18.2 Å². The topological polar surface area (TPSA) is 46.3 Å². The molecular weight excluding hydrogens is 255 g/mol. The average Bonchev–Trinajstić information content (AvgIpc) is 2.40. The molecule has 0 radical (unpaired) electrons. The number of nitrogen functional groups attached to an aromatic ring is 1. The zero-order valence-electron chi connectivity index (χ0n) is 11.6. The van der Waals surface area contributed by atoms with Crippen LogP contribution >= 0.6 is 0 Å². The van der Waals surface area contributed by atoms with Crippen LogP contribution in [-0.2, 0) is 6.54 Å². The highest BCUT2D eigenvalue weighted by molar-refractivity contribution is 5.96. The molecule has 0 aliphatic carbocycles. The average molecular weight is 272 g/mol. The molecule has 2 aromatic rings. The molecule has 0 aliphatic rings. The third-order valence-corrected chi connectivity index (χ3v) is 3.15. The van der Waals surface area contributed by atoms with E-state index < -0.39 is 0 Å². The molecule has 0 saturated carbocycles. The maximum atomic E-state index is 13.1. The number of benzene rings is 2. The molecule has 0 heterocycles. The summed E-state index contributed by atoms with van der Waals surface area (Å²) in [5.74, 6) is -0.428. The molecule has 0 atom stereocenters. The van der Waals surface area contributed by atoms with Crippen molar-refractivity contribution in [3.8, 4) is 0 Å². The predicted octanol–water partition coefficient (Wildman–Crippen LogP) is 2.99. The number of anilines is 1. The molecule has 2 aromatic carbocycles. The number of carbonyl (C=O) groups excluding carboxylic acids is 1. The van der Waals surface area contributed by atoms with Crippen molar-refractivity contribution in [3.63, 3.8) is 0 Å². The molecule has 0 saturated heterocycles. The highest BCUT2D eigenvalue weighted by Gasteiger charge is 2.14. The van der Waals surface area contributed by atoms with Gasteiger partial charge in [0, 0.05) is 24.8 Å². The quantitative estimate of drug-likeness (QED) is 0.873. The highest BCUT2D eigenvalue weighted by atomic mass is 19.1. The van der Waals surface area contributed by atoms with Gasteiger partial charge in [-0.25, -0.2) is 4.39 Å². The number of carbonyl (C=O) groups is 1. The first-order valence-electron chi connectivity index (χ1n) is 6.33. The highest BCUT2D eigenvalue weighted by Crippen LogP contribution is 2.16. The van der Waals surface area contributed by atoms with Gasteiger partial charge in [-0.3, -0.25) is 4.79 Å². The third kappa shape index (κ3) is 3.15. The first-order chi connectivity index (χ1) is 9.47. The number of rotatable bonds is 3. The molecule has 0 spiro atoms. The van der Waals surface area contributed by atoms with E-state index in [0.717, 1.165) is 11.1 Å². The maximum Gasteiger partial charge on any atom is 0.254 e. The zero-order chi connectivity index (χ0) is 14.7. The molecule has 3 nitrogen and oxygen atoms in total. The Bertz CT molecular complexity index is 640. The summed E-state index contributed by atoms with van der Waals surface area (Å²) in [4.78, 5) is 13.9. The van der Waals surface area contributed by atoms with Crippen LogP contribution in [-0.4, -0.2) is 17.9 Å². The van der Waals surface area contributed by atoms with Crippen molar-refractivity contribution in [2.45, 2.75) is 13.5 Å². The molecule has 0 aromatic heterocycles. The molecule has 0 unspecified atom stereocenters. The molecule has 1 amide bonds. The molecular formula is C16H17FN2O. The van der Waals surface area contributed by atoms with E-state index in [1.54, 1.807) is 36.2 Å². The van der Waals surface area contributed by atoms with E-state index in [-0.39, 0.29) is 11.7 Å². The summed E-state index contributed by atoms with van der Waals surface area (Å²) >= 11 is 0. The molecule has 2 N–H and O–H groups in total. The molecule has 104 valence electrons. The Morgan fingerprint density at radius 2 is 2.00 bits per heavy atom. The largest absolute Gasteiger partial charge is 0.399 e.